The van der Waals surface area contributed by atoms with Gasteiger partial charge in [-0.05, 0) is 56.6 Å². The van der Waals surface area contributed by atoms with E-state index in [2.05, 4.69) is 19.2 Å². The Morgan fingerprint density at radius 1 is 1.16 bits per heavy atom. The highest BCUT2D eigenvalue weighted by Crippen LogP contribution is 2.47. The number of nitrogens with zero attached hydrogens (tertiary/aromatic N) is 3. The number of benzene rings is 1. The Kier molecular flexibility index (Phi) is 8.56. The van der Waals surface area contributed by atoms with Crippen molar-refractivity contribution in [3.8, 4) is 22.2 Å². The molecule has 11 heteroatoms. The van der Waals surface area contributed by atoms with Crippen LogP contribution in [0.4, 0.5) is 0 Å². The van der Waals surface area contributed by atoms with E-state index in [-0.39, 0.29) is 24.2 Å². The molecule has 1 aliphatic heterocycles. The summed E-state index contributed by atoms with van der Waals surface area (Å²) in [6, 6.07) is 7.48. The summed E-state index contributed by atoms with van der Waals surface area (Å²) in [6.45, 7) is 4.79. The van der Waals surface area contributed by atoms with Gasteiger partial charge in [-0.15, -0.1) is 11.3 Å². The molecule has 0 unspecified atom stereocenters. The van der Waals surface area contributed by atoms with Crippen LogP contribution >= 0.6 is 11.3 Å². The van der Waals surface area contributed by atoms with E-state index in [1.54, 1.807) is 19.1 Å². The molecule has 45 heavy (non-hydrogen) atoms. The van der Waals surface area contributed by atoms with Crippen LogP contribution in [0.1, 0.15) is 64.0 Å². The molecule has 5 atom stereocenters. The molecule has 0 saturated heterocycles. The normalized spacial score (nSPS) is 27.8. The van der Waals surface area contributed by atoms with Gasteiger partial charge in [-0.3, -0.25) is 9.59 Å². The summed E-state index contributed by atoms with van der Waals surface area (Å²) < 4.78 is 12.1. The van der Waals surface area contributed by atoms with Gasteiger partial charge in [-0.2, -0.15) is 0 Å². The number of methoxy groups -OCH3 is 1. The predicted octanol–water partition coefficient (Wildman–Crippen LogP) is 5.42. The number of allylic oxidation sites excluding steroid dienone is 1. The average Bonchev–Trinajstić information content (AvgIpc) is 3.33. The second-order valence-corrected chi connectivity index (χ2v) is 13.7. The van der Waals surface area contributed by atoms with Crippen LogP contribution < -0.4 is 14.8 Å². The smallest absolute Gasteiger partial charge is 0.330 e. The number of ether oxygens (including phenoxy) is 2. The summed E-state index contributed by atoms with van der Waals surface area (Å²) >= 11 is 1.52. The van der Waals surface area contributed by atoms with E-state index in [0.29, 0.717) is 42.1 Å². The molecule has 3 heterocycles. The molecule has 0 radical (unpaired) electrons. The summed E-state index contributed by atoms with van der Waals surface area (Å²) in [7, 11) is 3.38. The molecule has 238 valence electrons. The fraction of sp³-hybridized carbons (Fsp3) is 0.500. The van der Waals surface area contributed by atoms with Gasteiger partial charge in [0, 0.05) is 42.4 Å². The van der Waals surface area contributed by atoms with Gasteiger partial charge >= 0.3 is 5.97 Å². The lowest BCUT2D eigenvalue weighted by Gasteiger charge is -2.26. The number of hydrogen-bond donors (Lipinski definition) is 2. The van der Waals surface area contributed by atoms with Crippen LogP contribution in [0.25, 0.3) is 21.6 Å². The van der Waals surface area contributed by atoms with Crippen LogP contribution in [0.5, 0.6) is 11.5 Å². The molecular weight excluding hydrogens is 592 g/mol. The van der Waals surface area contributed by atoms with Gasteiger partial charge in [-0.1, -0.05) is 26.0 Å². The molecule has 2 aromatic heterocycles. The number of carboxylic acid groups (broad SMARTS) is 1. The van der Waals surface area contributed by atoms with Gasteiger partial charge in [0.05, 0.1) is 30.2 Å². The summed E-state index contributed by atoms with van der Waals surface area (Å²) in [6.07, 6.45) is 6.97. The highest BCUT2D eigenvalue weighted by molar-refractivity contribution is 7.13. The second kappa shape index (κ2) is 12.4. The quantitative estimate of drug-likeness (QED) is 0.345. The fourth-order valence-electron chi connectivity index (χ4n) is 6.55. The fourth-order valence-corrected chi connectivity index (χ4v) is 7.49. The molecule has 0 spiro atoms. The van der Waals surface area contributed by atoms with Crippen LogP contribution in [0.3, 0.4) is 0 Å². The number of amides is 2. The lowest BCUT2D eigenvalue weighted by atomic mass is 9.93. The van der Waals surface area contributed by atoms with Gasteiger partial charge in [0.25, 0.3) is 0 Å². The van der Waals surface area contributed by atoms with E-state index >= 15 is 0 Å². The zero-order valence-corrected chi connectivity index (χ0v) is 26.9. The van der Waals surface area contributed by atoms with E-state index in [1.165, 1.54) is 11.3 Å². The highest BCUT2D eigenvalue weighted by Gasteiger charge is 2.61. The lowest BCUT2D eigenvalue weighted by Crippen LogP contribution is -2.49. The number of pyridine rings is 1. The van der Waals surface area contributed by atoms with E-state index in [0.717, 1.165) is 35.4 Å². The predicted molar refractivity (Wildman–Crippen MR) is 171 cm³/mol. The Morgan fingerprint density at radius 3 is 2.69 bits per heavy atom. The number of fused-ring (bicyclic) bond motifs is 3. The minimum Gasteiger partial charge on any atom is -0.497 e. The highest BCUT2D eigenvalue weighted by atomic mass is 32.1. The van der Waals surface area contributed by atoms with Crippen molar-refractivity contribution in [1.82, 2.24) is 20.2 Å². The molecule has 2 N–H and O–H groups in total. The van der Waals surface area contributed by atoms with Crippen LogP contribution in [0, 0.1) is 17.8 Å². The minimum absolute atomic E-state index is 0.111. The van der Waals surface area contributed by atoms with Crippen LogP contribution in [0.15, 0.2) is 41.8 Å². The molecule has 2 amide bonds. The molecule has 2 saturated carbocycles. The molecule has 6 rings (SSSR count). The molecule has 0 bridgehead atoms. The van der Waals surface area contributed by atoms with Crippen molar-refractivity contribution in [2.45, 2.75) is 69.9 Å². The number of hydrogen-bond acceptors (Lipinski definition) is 8. The van der Waals surface area contributed by atoms with Crippen LogP contribution in [-0.2, 0) is 14.4 Å². The summed E-state index contributed by atoms with van der Waals surface area (Å²) in [4.78, 5) is 51.2. The SMILES string of the molecule is COc1ccc2c(O[C@@H]3C[C@H]4C(=O)N[C@]5(C(=O)O)C[C@@H]5/C=C\CCCCN(C)C(=O)[C@@H]4C3)cc(-c3nc(C(C)C)cs3)nc2c1. The van der Waals surface area contributed by atoms with Crippen molar-refractivity contribution in [3.05, 3.63) is 47.5 Å². The Morgan fingerprint density at radius 2 is 1.96 bits per heavy atom. The number of carboxylic acids is 1. The first-order valence-corrected chi connectivity index (χ1v) is 16.6. The van der Waals surface area contributed by atoms with Crippen molar-refractivity contribution in [3.63, 3.8) is 0 Å². The van der Waals surface area contributed by atoms with Crippen molar-refractivity contribution < 1.29 is 29.0 Å². The lowest BCUT2D eigenvalue weighted by molar-refractivity contribution is -0.145. The second-order valence-electron chi connectivity index (χ2n) is 12.8. The maximum Gasteiger partial charge on any atom is 0.330 e. The molecule has 10 nitrogen and oxygen atoms in total. The topological polar surface area (TPSA) is 131 Å². The maximum absolute atomic E-state index is 13.8. The number of carbonyl (C=O) groups excluding carboxylic acids is 2. The first-order valence-electron chi connectivity index (χ1n) is 15.7. The van der Waals surface area contributed by atoms with Gasteiger partial charge in [0.1, 0.15) is 33.8 Å². The summed E-state index contributed by atoms with van der Waals surface area (Å²) in [5.74, 6) is -1.62. The molecular formula is C34H40N4O6S. The Balaban J connectivity index is 1.33. The van der Waals surface area contributed by atoms with Crippen molar-refractivity contribution in [2.24, 2.45) is 17.8 Å². The Bertz CT molecular complexity index is 1650. The molecule has 3 aromatic rings. The van der Waals surface area contributed by atoms with Gasteiger partial charge in [0.15, 0.2) is 0 Å². The third-order valence-corrected chi connectivity index (χ3v) is 10.3. The number of nitrogens with one attached hydrogen (secondary N) is 1. The number of carbonyl (C=O) groups is 3. The van der Waals surface area contributed by atoms with Gasteiger partial charge < -0.3 is 24.8 Å². The van der Waals surface area contributed by atoms with Crippen LogP contribution in [-0.4, -0.2) is 70.1 Å². The minimum atomic E-state index is -1.33. The number of rotatable bonds is 6. The van der Waals surface area contributed by atoms with E-state index in [9.17, 15) is 19.5 Å². The largest absolute Gasteiger partial charge is 0.497 e. The van der Waals surface area contributed by atoms with Crippen molar-refractivity contribution >= 4 is 40.0 Å². The summed E-state index contributed by atoms with van der Waals surface area (Å²) in [5, 5.41) is 16.5. The third-order valence-electron chi connectivity index (χ3n) is 9.38. The number of aliphatic carboxylic acids is 1. The third kappa shape index (κ3) is 6.14. The van der Waals surface area contributed by atoms with Gasteiger partial charge in [0.2, 0.25) is 11.8 Å². The Labute approximate surface area is 266 Å². The number of aromatic nitrogens is 2. The van der Waals surface area contributed by atoms with E-state index in [4.69, 9.17) is 19.4 Å². The first kappa shape index (κ1) is 31.0. The van der Waals surface area contributed by atoms with Gasteiger partial charge in [-0.25, -0.2) is 14.8 Å². The van der Waals surface area contributed by atoms with Crippen molar-refractivity contribution in [1.29, 1.82) is 0 Å². The first-order chi connectivity index (χ1) is 21.6. The summed E-state index contributed by atoms with van der Waals surface area (Å²) in [5.41, 5.74) is 1.02. The zero-order valence-electron chi connectivity index (χ0n) is 26.1. The standard InChI is InChI=1S/C34H40N4O6S/c1-19(2)28-18-45-31(36-28)27-16-29(23-11-10-21(43-4)15-26(23)35-27)44-22-13-24-25(14-22)32(40)38(3)12-8-6-5-7-9-20-17-34(20,33(41)42)37-30(24)39/h7,9-11,15-16,18-20,22,24-25H,5-6,8,12-14,17H2,1-4H3,(H,37,39)(H,41,42)/b9-7-/t20-,22+,24+,25+,34+/m0/s1. The molecule has 2 aliphatic carbocycles. The Hall–Kier alpha value is -3.99. The maximum atomic E-state index is 13.8. The van der Waals surface area contributed by atoms with Crippen molar-refractivity contribution in [2.75, 3.05) is 20.7 Å². The van der Waals surface area contributed by atoms with E-state index in [1.807, 2.05) is 41.8 Å². The monoisotopic (exact) mass is 632 g/mol. The molecule has 1 aromatic carbocycles. The van der Waals surface area contributed by atoms with E-state index < -0.39 is 35.4 Å². The zero-order chi connectivity index (χ0) is 31.9. The molecule has 3 aliphatic rings. The van der Waals surface area contributed by atoms with Crippen LogP contribution in [0.2, 0.25) is 0 Å². The average molecular weight is 633 g/mol. The number of thiazole rings is 1. The molecule has 2 fully saturated rings.